The standard InChI is InChI=1S/C41H43N3O7Si/c1-25-39(52(3,4)31-16-14-30(49-2)15-17-31)36(21-37(46)43-22-27-10-6-5-9-26(27)19-29(43)23-45)51-41(25)32-20-28(13-18-33(32)42-40(41)48)44-34-11-7-8-12-35(34)50-24-38(44)47/h5-18,20,25,29,36,39,45H,19,21-24H2,1-4H3,(H,42,48)/t25-,29-,36+,39-,41+/m0/s1. The van der Waals surface area contributed by atoms with E-state index in [4.69, 9.17) is 14.2 Å². The van der Waals surface area contributed by atoms with Crippen LogP contribution in [-0.2, 0) is 37.7 Å². The van der Waals surface area contributed by atoms with Gasteiger partial charge >= 0.3 is 0 Å². The Kier molecular flexibility index (Phi) is 8.47. The summed E-state index contributed by atoms with van der Waals surface area (Å²) in [5.41, 5.74) is 3.14. The van der Waals surface area contributed by atoms with Crippen LogP contribution in [0.2, 0.25) is 18.6 Å². The van der Waals surface area contributed by atoms with E-state index in [2.05, 4.69) is 43.5 Å². The number of nitrogens with one attached hydrogen (secondary N) is 1. The number of benzene rings is 4. The maximum atomic E-state index is 14.5. The molecule has 1 saturated heterocycles. The largest absolute Gasteiger partial charge is 0.497 e. The van der Waals surface area contributed by atoms with Crippen molar-refractivity contribution in [3.8, 4) is 11.5 Å². The van der Waals surface area contributed by atoms with E-state index in [1.807, 2.05) is 72.8 Å². The fourth-order valence-corrected chi connectivity index (χ4v) is 13.2. The fraction of sp³-hybridized carbons (Fsp3) is 0.341. The van der Waals surface area contributed by atoms with E-state index < -0.39 is 19.8 Å². The van der Waals surface area contributed by atoms with Crippen molar-refractivity contribution in [2.24, 2.45) is 5.92 Å². The van der Waals surface area contributed by atoms with Crippen molar-refractivity contribution in [1.82, 2.24) is 4.90 Å². The molecule has 1 fully saturated rings. The molecule has 8 rings (SSSR count). The summed E-state index contributed by atoms with van der Waals surface area (Å²) in [6, 6.07) is 28.7. The van der Waals surface area contributed by atoms with Crippen molar-refractivity contribution in [2.45, 2.75) is 62.7 Å². The number of para-hydroxylation sites is 2. The van der Waals surface area contributed by atoms with Gasteiger partial charge in [0.25, 0.3) is 11.8 Å². The quantitative estimate of drug-likeness (QED) is 0.251. The van der Waals surface area contributed by atoms with E-state index in [-0.39, 0.29) is 54.9 Å². The number of nitrogens with zero attached hydrogens (tertiary/aromatic N) is 2. The van der Waals surface area contributed by atoms with Crippen LogP contribution in [0.25, 0.3) is 0 Å². The Labute approximate surface area is 304 Å². The lowest BCUT2D eigenvalue weighted by atomic mass is 9.82. The van der Waals surface area contributed by atoms with Crippen LogP contribution < -0.4 is 24.9 Å². The Morgan fingerprint density at radius 1 is 1.00 bits per heavy atom. The van der Waals surface area contributed by atoms with Crippen molar-refractivity contribution < 1.29 is 33.7 Å². The van der Waals surface area contributed by atoms with Crippen LogP contribution in [0, 0.1) is 5.92 Å². The zero-order chi connectivity index (χ0) is 36.4. The molecule has 4 aromatic rings. The zero-order valence-electron chi connectivity index (χ0n) is 29.8. The average molecular weight is 718 g/mol. The summed E-state index contributed by atoms with van der Waals surface area (Å²) < 4.78 is 18.3. The van der Waals surface area contributed by atoms with Crippen LogP contribution in [0.15, 0.2) is 91.0 Å². The molecule has 4 heterocycles. The highest BCUT2D eigenvalue weighted by atomic mass is 28.3. The monoisotopic (exact) mass is 717 g/mol. The van der Waals surface area contributed by atoms with Crippen molar-refractivity contribution in [2.75, 3.05) is 30.5 Å². The number of carbonyl (C=O) groups is 3. The number of fused-ring (bicyclic) bond motifs is 4. The van der Waals surface area contributed by atoms with Gasteiger partial charge in [0.2, 0.25) is 5.91 Å². The minimum Gasteiger partial charge on any atom is -0.497 e. The molecule has 4 aliphatic heterocycles. The number of aliphatic hydroxyl groups is 1. The van der Waals surface area contributed by atoms with E-state index >= 15 is 0 Å². The van der Waals surface area contributed by atoms with Gasteiger partial charge in [0.15, 0.2) is 12.2 Å². The third-order valence-electron chi connectivity index (χ3n) is 11.8. The Morgan fingerprint density at radius 3 is 2.48 bits per heavy atom. The lowest BCUT2D eigenvalue weighted by Gasteiger charge is -2.39. The highest BCUT2D eigenvalue weighted by molar-refractivity contribution is 6.91. The smallest absolute Gasteiger partial charge is 0.269 e. The number of hydrogen-bond acceptors (Lipinski definition) is 7. The second-order valence-corrected chi connectivity index (χ2v) is 19.5. The van der Waals surface area contributed by atoms with Gasteiger partial charge in [0.05, 0.1) is 46.0 Å². The molecule has 0 saturated carbocycles. The van der Waals surface area contributed by atoms with Gasteiger partial charge < -0.3 is 29.5 Å². The summed E-state index contributed by atoms with van der Waals surface area (Å²) in [4.78, 5) is 45.6. The molecule has 10 nitrogen and oxygen atoms in total. The molecule has 4 aromatic carbocycles. The molecule has 0 aliphatic carbocycles. The van der Waals surface area contributed by atoms with E-state index in [1.165, 1.54) is 0 Å². The van der Waals surface area contributed by atoms with Crippen LogP contribution in [0.4, 0.5) is 17.1 Å². The average Bonchev–Trinajstić information content (AvgIpc) is 3.62. The number of rotatable bonds is 7. The highest BCUT2D eigenvalue weighted by Gasteiger charge is 2.65. The Hall–Kier alpha value is -4.97. The Balaban J connectivity index is 1.20. The zero-order valence-corrected chi connectivity index (χ0v) is 30.8. The number of methoxy groups -OCH3 is 1. The number of hydrogen-bond donors (Lipinski definition) is 2. The van der Waals surface area contributed by atoms with Gasteiger partial charge in [-0.1, -0.05) is 73.7 Å². The summed E-state index contributed by atoms with van der Waals surface area (Å²) in [6.45, 7) is 6.77. The van der Waals surface area contributed by atoms with Gasteiger partial charge in [-0.2, -0.15) is 0 Å². The summed E-state index contributed by atoms with van der Waals surface area (Å²) in [6.07, 6.45) is 0.0235. The first-order valence-electron chi connectivity index (χ1n) is 17.9. The second-order valence-electron chi connectivity index (χ2n) is 14.9. The third kappa shape index (κ3) is 5.32. The van der Waals surface area contributed by atoms with Gasteiger partial charge in [-0.05, 0) is 65.6 Å². The predicted octanol–water partition coefficient (Wildman–Crippen LogP) is 5.26. The maximum Gasteiger partial charge on any atom is 0.269 e. The first-order chi connectivity index (χ1) is 25.1. The summed E-state index contributed by atoms with van der Waals surface area (Å²) >= 11 is 0. The van der Waals surface area contributed by atoms with Gasteiger partial charge in [-0.25, -0.2) is 0 Å². The molecular formula is C41H43N3O7Si. The Bertz CT molecular complexity index is 2070. The minimum atomic E-state index is -2.52. The summed E-state index contributed by atoms with van der Waals surface area (Å²) in [5, 5.41) is 14.7. The van der Waals surface area contributed by atoms with Crippen molar-refractivity contribution >= 4 is 48.0 Å². The van der Waals surface area contributed by atoms with E-state index in [9.17, 15) is 19.5 Å². The second kappa shape index (κ2) is 12.9. The van der Waals surface area contributed by atoms with Gasteiger partial charge in [0, 0.05) is 29.4 Å². The van der Waals surface area contributed by atoms with Crippen LogP contribution in [-0.4, -0.2) is 68.3 Å². The number of carbonyl (C=O) groups excluding carboxylic acids is 3. The molecule has 0 radical (unpaired) electrons. The number of aliphatic hydroxyl groups excluding tert-OH is 1. The molecule has 0 aromatic heterocycles. The minimum absolute atomic E-state index is 0.0552. The van der Waals surface area contributed by atoms with Crippen LogP contribution in [0.3, 0.4) is 0 Å². The molecule has 2 N–H and O–H groups in total. The lowest BCUT2D eigenvalue weighted by Crippen LogP contribution is -2.52. The molecule has 0 unspecified atom stereocenters. The van der Waals surface area contributed by atoms with E-state index in [0.717, 1.165) is 22.1 Å². The molecule has 52 heavy (non-hydrogen) atoms. The van der Waals surface area contributed by atoms with Crippen molar-refractivity contribution in [1.29, 1.82) is 0 Å². The van der Waals surface area contributed by atoms with Crippen molar-refractivity contribution in [3.05, 3.63) is 108 Å². The SMILES string of the molecule is COc1ccc([Si](C)(C)[C@@H]2[C@@H](CC(=O)N3Cc4ccccc4C[C@H]3CO)O[C@]3(C(=O)Nc4ccc(N5C(=O)COc6ccccc65)cc43)[C@H]2C)cc1. The molecule has 1 spiro atoms. The maximum absolute atomic E-state index is 14.5. The fourth-order valence-electron chi connectivity index (χ4n) is 9.18. The van der Waals surface area contributed by atoms with Crippen LogP contribution in [0.1, 0.15) is 30.0 Å². The van der Waals surface area contributed by atoms with Gasteiger partial charge in [0.1, 0.15) is 11.5 Å². The molecule has 11 heteroatoms. The summed E-state index contributed by atoms with van der Waals surface area (Å²) in [7, 11) is -0.877. The molecule has 3 amide bonds. The molecule has 5 atom stereocenters. The van der Waals surface area contributed by atoms with Crippen molar-refractivity contribution in [3.63, 3.8) is 0 Å². The lowest BCUT2D eigenvalue weighted by molar-refractivity contribution is -0.149. The first kappa shape index (κ1) is 34.1. The topological polar surface area (TPSA) is 118 Å². The third-order valence-corrected chi connectivity index (χ3v) is 16.2. The van der Waals surface area contributed by atoms with E-state index in [1.54, 1.807) is 16.9 Å². The molecular weight excluding hydrogens is 675 g/mol. The highest BCUT2D eigenvalue weighted by Crippen LogP contribution is 2.59. The normalized spacial score (nSPS) is 24.9. The number of anilines is 3. The van der Waals surface area contributed by atoms with Crippen LogP contribution in [0.5, 0.6) is 11.5 Å². The predicted molar refractivity (Wildman–Crippen MR) is 200 cm³/mol. The molecule has 0 bridgehead atoms. The van der Waals surface area contributed by atoms with Crippen LogP contribution >= 0.6 is 0 Å². The number of ether oxygens (including phenoxy) is 3. The molecule has 268 valence electrons. The molecule has 4 aliphatic rings. The summed E-state index contributed by atoms with van der Waals surface area (Å²) in [5.74, 6) is 0.402. The van der Waals surface area contributed by atoms with Gasteiger partial charge in [-0.15, -0.1) is 0 Å². The first-order valence-corrected chi connectivity index (χ1v) is 20.9. The Morgan fingerprint density at radius 2 is 1.73 bits per heavy atom. The van der Waals surface area contributed by atoms with E-state index in [0.29, 0.717) is 41.3 Å². The van der Waals surface area contributed by atoms with Gasteiger partial charge in [-0.3, -0.25) is 19.3 Å². The number of amides is 3.